The van der Waals surface area contributed by atoms with Gasteiger partial charge in [0.05, 0.1) is 0 Å². The molecule has 20 heavy (non-hydrogen) atoms. The molecule has 1 saturated heterocycles. The highest BCUT2D eigenvalue weighted by atomic mass is 16.1. The van der Waals surface area contributed by atoms with Gasteiger partial charge >= 0.3 is 0 Å². The van der Waals surface area contributed by atoms with Crippen molar-refractivity contribution in [2.45, 2.75) is 32.2 Å². The van der Waals surface area contributed by atoms with Crippen LogP contribution in [-0.2, 0) is 11.3 Å². The van der Waals surface area contributed by atoms with Gasteiger partial charge < -0.3 is 5.32 Å². The molecule has 1 fully saturated rings. The smallest absolute Gasteiger partial charge is 0.220 e. The third-order valence-electron chi connectivity index (χ3n) is 3.67. The maximum Gasteiger partial charge on any atom is 0.220 e. The molecular weight excluding hydrogens is 252 g/mol. The number of benzene rings is 1. The topological polar surface area (TPSA) is 59.8 Å². The first-order valence-corrected chi connectivity index (χ1v) is 7.02. The van der Waals surface area contributed by atoms with Crippen LogP contribution in [0.3, 0.4) is 0 Å². The number of amides is 1. The Labute approximate surface area is 118 Å². The van der Waals surface area contributed by atoms with E-state index in [0.717, 1.165) is 30.9 Å². The molecule has 1 N–H and O–H groups in total. The predicted octanol–water partition coefficient (Wildman–Crippen LogP) is 1.96. The number of carbonyl (C=O) groups is 1. The Morgan fingerprint density at radius 3 is 2.80 bits per heavy atom. The Bertz CT molecular complexity index is 603. The van der Waals surface area contributed by atoms with Gasteiger partial charge in [-0.3, -0.25) is 4.79 Å². The molecule has 1 amide bonds. The van der Waals surface area contributed by atoms with E-state index < -0.39 is 0 Å². The van der Waals surface area contributed by atoms with Gasteiger partial charge in [0.25, 0.3) is 0 Å². The van der Waals surface area contributed by atoms with Crippen molar-refractivity contribution in [1.82, 2.24) is 20.1 Å². The Morgan fingerprint density at radius 2 is 2.15 bits per heavy atom. The van der Waals surface area contributed by atoms with Gasteiger partial charge in [-0.25, -0.2) is 9.67 Å². The van der Waals surface area contributed by atoms with Crippen molar-refractivity contribution >= 4 is 5.91 Å². The van der Waals surface area contributed by atoms with Crippen LogP contribution in [0.25, 0.3) is 11.4 Å². The van der Waals surface area contributed by atoms with Crippen molar-refractivity contribution in [2.24, 2.45) is 0 Å². The van der Waals surface area contributed by atoms with Crippen molar-refractivity contribution in [3.63, 3.8) is 0 Å². The molecule has 3 rings (SSSR count). The van der Waals surface area contributed by atoms with Crippen molar-refractivity contribution in [3.8, 4) is 11.4 Å². The number of hydrogen-bond donors (Lipinski definition) is 1. The van der Waals surface area contributed by atoms with Crippen LogP contribution in [0.2, 0.25) is 0 Å². The largest absolute Gasteiger partial charge is 0.355 e. The summed E-state index contributed by atoms with van der Waals surface area (Å²) < 4.78 is 1.93. The fraction of sp³-hybridized carbons (Fsp3) is 0.400. The zero-order valence-corrected chi connectivity index (χ0v) is 11.5. The van der Waals surface area contributed by atoms with E-state index in [1.165, 1.54) is 5.56 Å². The van der Waals surface area contributed by atoms with Crippen LogP contribution < -0.4 is 5.32 Å². The van der Waals surface area contributed by atoms with E-state index in [1.807, 2.05) is 4.68 Å². The molecule has 1 atom stereocenters. The lowest BCUT2D eigenvalue weighted by atomic mass is 9.97. The van der Waals surface area contributed by atoms with Gasteiger partial charge in [0.15, 0.2) is 5.82 Å². The second kappa shape index (κ2) is 5.45. The molecule has 2 aromatic rings. The molecule has 1 unspecified atom stereocenters. The summed E-state index contributed by atoms with van der Waals surface area (Å²) in [5, 5.41) is 7.11. The number of hydrogen-bond acceptors (Lipinski definition) is 3. The minimum atomic E-state index is 0.141. The standard InChI is InChI=1S/C15H18N4O/c1-2-7-19-15(17-10-18-19)12-5-3-11(4-6-12)13-8-14(20)16-9-13/h3-6,10,13H,2,7-9H2,1H3,(H,16,20). The SMILES string of the molecule is CCCn1ncnc1-c1ccc(C2CNC(=O)C2)cc1. The third-order valence-corrected chi connectivity index (χ3v) is 3.67. The van der Waals surface area contributed by atoms with E-state index in [1.54, 1.807) is 6.33 Å². The Kier molecular flexibility index (Phi) is 3.50. The Morgan fingerprint density at radius 1 is 1.35 bits per heavy atom. The van der Waals surface area contributed by atoms with Crippen LogP contribution >= 0.6 is 0 Å². The Balaban J connectivity index is 1.82. The summed E-state index contributed by atoms with van der Waals surface area (Å²) in [7, 11) is 0. The van der Waals surface area contributed by atoms with Gasteiger partial charge in [-0.1, -0.05) is 31.2 Å². The second-order valence-corrected chi connectivity index (χ2v) is 5.13. The zero-order chi connectivity index (χ0) is 13.9. The molecule has 0 radical (unpaired) electrons. The van der Waals surface area contributed by atoms with Crippen molar-refractivity contribution in [2.75, 3.05) is 6.54 Å². The Hall–Kier alpha value is -2.17. The van der Waals surface area contributed by atoms with E-state index in [2.05, 4.69) is 46.6 Å². The van der Waals surface area contributed by atoms with E-state index in [0.29, 0.717) is 12.3 Å². The summed E-state index contributed by atoms with van der Waals surface area (Å²) in [6.45, 7) is 3.74. The summed E-state index contributed by atoms with van der Waals surface area (Å²) in [5.74, 6) is 1.34. The molecule has 0 saturated carbocycles. The van der Waals surface area contributed by atoms with Crippen LogP contribution in [0.4, 0.5) is 0 Å². The summed E-state index contributed by atoms with van der Waals surface area (Å²) in [4.78, 5) is 15.6. The quantitative estimate of drug-likeness (QED) is 0.924. The van der Waals surface area contributed by atoms with E-state index in [-0.39, 0.29) is 5.91 Å². The van der Waals surface area contributed by atoms with Crippen LogP contribution in [0, 0.1) is 0 Å². The van der Waals surface area contributed by atoms with E-state index in [9.17, 15) is 4.79 Å². The minimum absolute atomic E-state index is 0.141. The summed E-state index contributed by atoms with van der Waals surface area (Å²) >= 11 is 0. The average Bonchev–Trinajstić information content (AvgIpc) is 3.09. The molecule has 5 nitrogen and oxygen atoms in total. The lowest BCUT2D eigenvalue weighted by Gasteiger charge is -2.09. The first kappa shape index (κ1) is 12.8. The predicted molar refractivity (Wildman–Crippen MR) is 76.1 cm³/mol. The normalized spacial score (nSPS) is 18.2. The van der Waals surface area contributed by atoms with E-state index in [4.69, 9.17) is 0 Å². The lowest BCUT2D eigenvalue weighted by molar-refractivity contribution is -0.119. The molecule has 0 bridgehead atoms. The van der Waals surface area contributed by atoms with Crippen molar-refractivity contribution in [3.05, 3.63) is 36.2 Å². The minimum Gasteiger partial charge on any atom is -0.355 e. The number of nitrogens with one attached hydrogen (secondary N) is 1. The van der Waals surface area contributed by atoms with Gasteiger partial charge in [-0.15, -0.1) is 0 Å². The van der Waals surface area contributed by atoms with Gasteiger partial charge in [-0.05, 0) is 12.0 Å². The molecule has 5 heteroatoms. The van der Waals surface area contributed by atoms with Crippen LogP contribution in [0.15, 0.2) is 30.6 Å². The summed E-state index contributed by atoms with van der Waals surface area (Å²) in [6.07, 6.45) is 3.22. The van der Waals surface area contributed by atoms with Crippen molar-refractivity contribution < 1.29 is 4.79 Å². The maximum atomic E-state index is 11.3. The monoisotopic (exact) mass is 270 g/mol. The molecule has 0 aliphatic carbocycles. The fourth-order valence-corrected chi connectivity index (χ4v) is 2.61. The summed E-state index contributed by atoms with van der Waals surface area (Å²) in [6, 6.07) is 8.30. The molecule has 1 aliphatic rings. The molecular formula is C15H18N4O. The summed E-state index contributed by atoms with van der Waals surface area (Å²) in [5.41, 5.74) is 2.27. The van der Waals surface area contributed by atoms with Crippen molar-refractivity contribution in [1.29, 1.82) is 0 Å². The molecule has 104 valence electrons. The molecule has 1 aliphatic heterocycles. The highest BCUT2D eigenvalue weighted by Gasteiger charge is 2.22. The third kappa shape index (κ3) is 2.43. The average molecular weight is 270 g/mol. The first-order chi connectivity index (χ1) is 9.78. The number of aryl methyl sites for hydroxylation is 1. The fourth-order valence-electron chi connectivity index (χ4n) is 2.61. The van der Waals surface area contributed by atoms with Gasteiger partial charge in [0, 0.05) is 31.0 Å². The van der Waals surface area contributed by atoms with Crippen LogP contribution in [0.5, 0.6) is 0 Å². The number of aromatic nitrogens is 3. The van der Waals surface area contributed by atoms with Gasteiger partial charge in [-0.2, -0.15) is 5.10 Å². The number of nitrogens with zero attached hydrogens (tertiary/aromatic N) is 3. The maximum absolute atomic E-state index is 11.3. The highest BCUT2D eigenvalue weighted by Crippen LogP contribution is 2.25. The molecule has 0 spiro atoms. The number of carbonyl (C=O) groups excluding carboxylic acids is 1. The van der Waals surface area contributed by atoms with E-state index >= 15 is 0 Å². The zero-order valence-electron chi connectivity index (χ0n) is 11.5. The van der Waals surface area contributed by atoms with Gasteiger partial charge in [0.2, 0.25) is 5.91 Å². The van der Waals surface area contributed by atoms with Gasteiger partial charge in [0.1, 0.15) is 6.33 Å². The molecule has 2 heterocycles. The molecule has 1 aromatic carbocycles. The van der Waals surface area contributed by atoms with Crippen LogP contribution in [-0.4, -0.2) is 27.2 Å². The second-order valence-electron chi connectivity index (χ2n) is 5.13. The van der Waals surface area contributed by atoms with Crippen LogP contribution in [0.1, 0.15) is 31.2 Å². The first-order valence-electron chi connectivity index (χ1n) is 7.02. The highest BCUT2D eigenvalue weighted by molar-refractivity contribution is 5.79. The molecule has 1 aromatic heterocycles. The lowest BCUT2D eigenvalue weighted by Crippen LogP contribution is -2.13. The number of rotatable bonds is 4.